The van der Waals surface area contributed by atoms with Gasteiger partial charge in [-0.25, -0.2) is 0 Å². The number of ether oxygens (including phenoxy) is 1. The first-order valence-corrected chi connectivity index (χ1v) is 10.5. The molecule has 5 rings (SSSR count). The average molecular weight is 389 g/mol. The topological polar surface area (TPSA) is 48.6 Å². The summed E-state index contributed by atoms with van der Waals surface area (Å²) in [6.07, 6.45) is 1.41. The molecule has 29 heavy (non-hydrogen) atoms. The highest BCUT2D eigenvalue weighted by Crippen LogP contribution is 2.30. The minimum atomic E-state index is 0.108. The number of benzene rings is 2. The molecule has 1 fully saturated rings. The minimum absolute atomic E-state index is 0.108. The van der Waals surface area contributed by atoms with Crippen LogP contribution in [0.3, 0.4) is 0 Å². The number of carbonyl (C=O) groups excluding carboxylic acids is 1. The van der Waals surface area contributed by atoms with Crippen LogP contribution in [0.25, 0.3) is 10.9 Å². The van der Waals surface area contributed by atoms with Crippen molar-refractivity contribution in [2.24, 2.45) is 0 Å². The molecule has 1 N–H and O–H groups in total. The molecule has 0 radical (unpaired) electrons. The highest BCUT2D eigenvalue weighted by atomic mass is 16.5. The van der Waals surface area contributed by atoms with E-state index in [1.807, 2.05) is 11.0 Å². The fourth-order valence-electron chi connectivity index (χ4n) is 4.70. The first-order valence-electron chi connectivity index (χ1n) is 10.5. The fourth-order valence-corrected chi connectivity index (χ4v) is 4.70. The van der Waals surface area contributed by atoms with Crippen molar-refractivity contribution >= 4 is 16.8 Å². The average Bonchev–Trinajstić information content (AvgIpc) is 3.16. The number of nitrogens with zero attached hydrogens (tertiary/aromatic N) is 2. The van der Waals surface area contributed by atoms with E-state index in [4.69, 9.17) is 4.74 Å². The lowest BCUT2D eigenvalue weighted by atomic mass is 9.99. The third kappa shape index (κ3) is 3.68. The van der Waals surface area contributed by atoms with Crippen LogP contribution in [0, 0.1) is 0 Å². The summed E-state index contributed by atoms with van der Waals surface area (Å²) in [7, 11) is 0. The second kappa shape index (κ2) is 8.01. The number of morpholine rings is 1. The summed E-state index contributed by atoms with van der Waals surface area (Å²) in [6.45, 7) is 4.70. The number of para-hydroxylation sites is 1. The first kappa shape index (κ1) is 18.4. The Kier molecular flexibility index (Phi) is 5.08. The summed E-state index contributed by atoms with van der Waals surface area (Å²) in [5.74, 6) is 0.237. The lowest BCUT2D eigenvalue weighted by Crippen LogP contribution is -2.42. The van der Waals surface area contributed by atoms with Gasteiger partial charge >= 0.3 is 0 Å². The van der Waals surface area contributed by atoms with Gasteiger partial charge in [0.2, 0.25) is 5.91 Å². The SMILES string of the molecule is O=C(C[C@H](c1ccccc1)N1CCOCC1)N1CCc2[nH]c3ccccc3c2C1. The van der Waals surface area contributed by atoms with Gasteiger partial charge in [0.1, 0.15) is 0 Å². The number of hydrogen-bond donors (Lipinski definition) is 1. The molecule has 2 aliphatic heterocycles. The van der Waals surface area contributed by atoms with Crippen LogP contribution in [0.5, 0.6) is 0 Å². The number of H-pyrrole nitrogens is 1. The highest BCUT2D eigenvalue weighted by molar-refractivity contribution is 5.86. The number of hydrogen-bond acceptors (Lipinski definition) is 3. The van der Waals surface area contributed by atoms with Gasteiger partial charge in [-0.1, -0.05) is 48.5 Å². The van der Waals surface area contributed by atoms with E-state index < -0.39 is 0 Å². The molecular weight excluding hydrogens is 362 g/mol. The summed E-state index contributed by atoms with van der Waals surface area (Å²) in [4.78, 5) is 21.3. The van der Waals surface area contributed by atoms with Crippen molar-refractivity contribution in [1.29, 1.82) is 0 Å². The van der Waals surface area contributed by atoms with Gasteiger partial charge in [-0.15, -0.1) is 0 Å². The van der Waals surface area contributed by atoms with Gasteiger partial charge in [0.25, 0.3) is 0 Å². The summed E-state index contributed by atoms with van der Waals surface area (Å²) < 4.78 is 5.54. The van der Waals surface area contributed by atoms with Crippen LogP contribution in [0.4, 0.5) is 0 Å². The summed E-state index contributed by atoms with van der Waals surface area (Å²) in [6, 6.07) is 18.9. The third-order valence-corrected chi connectivity index (χ3v) is 6.27. The largest absolute Gasteiger partial charge is 0.379 e. The molecule has 150 valence electrons. The van der Waals surface area contributed by atoms with Crippen molar-refractivity contribution in [3.05, 3.63) is 71.4 Å². The highest BCUT2D eigenvalue weighted by Gasteiger charge is 2.29. The Balaban J connectivity index is 1.36. The molecule has 5 heteroatoms. The Morgan fingerprint density at radius 1 is 1.00 bits per heavy atom. The molecule has 0 spiro atoms. The van der Waals surface area contributed by atoms with Crippen molar-refractivity contribution in [2.45, 2.75) is 25.4 Å². The molecule has 0 unspecified atom stereocenters. The van der Waals surface area contributed by atoms with Crippen LogP contribution in [-0.4, -0.2) is 53.5 Å². The van der Waals surface area contributed by atoms with Crippen LogP contribution < -0.4 is 0 Å². The Morgan fingerprint density at radius 2 is 1.76 bits per heavy atom. The van der Waals surface area contributed by atoms with Crippen LogP contribution in [0.1, 0.15) is 29.3 Å². The normalized spacial score (nSPS) is 18.6. The van der Waals surface area contributed by atoms with E-state index in [-0.39, 0.29) is 11.9 Å². The van der Waals surface area contributed by atoms with E-state index in [0.29, 0.717) is 13.0 Å². The molecule has 2 aliphatic rings. The minimum Gasteiger partial charge on any atom is -0.379 e. The lowest BCUT2D eigenvalue weighted by Gasteiger charge is -2.36. The maximum absolute atomic E-state index is 13.4. The standard InChI is InChI=1S/C24H27N3O2/c28-24(16-23(18-6-2-1-3-7-18)26-12-14-29-15-13-26)27-11-10-22-20(17-27)19-8-4-5-9-21(19)25-22/h1-9,23,25H,10-17H2/t23-/m1/s1. The summed E-state index contributed by atoms with van der Waals surface area (Å²) >= 11 is 0. The predicted octanol–water partition coefficient (Wildman–Crippen LogP) is 3.52. The number of nitrogens with one attached hydrogen (secondary N) is 1. The third-order valence-electron chi connectivity index (χ3n) is 6.27. The Hall–Kier alpha value is -2.63. The van der Waals surface area contributed by atoms with Crippen LogP contribution in [-0.2, 0) is 22.5 Å². The smallest absolute Gasteiger partial charge is 0.224 e. The number of aromatic amines is 1. The van der Waals surface area contributed by atoms with Crippen molar-refractivity contribution in [2.75, 3.05) is 32.8 Å². The van der Waals surface area contributed by atoms with Gasteiger partial charge in [-0.05, 0) is 11.6 Å². The van der Waals surface area contributed by atoms with Gasteiger partial charge < -0.3 is 14.6 Å². The Morgan fingerprint density at radius 3 is 2.59 bits per heavy atom. The van der Waals surface area contributed by atoms with E-state index in [1.54, 1.807) is 0 Å². The molecule has 1 atom stereocenters. The molecule has 1 aromatic heterocycles. The maximum atomic E-state index is 13.4. The van der Waals surface area contributed by atoms with E-state index >= 15 is 0 Å². The number of rotatable bonds is 4. The number of aromatic nitrogens is 1. The van der Waals surface area contributed by atoms with Crippen molar-refractivity contribution in [3.8, 4) is 0 Å². The zero-order valence-electron chi connectivity index (χ0n) is 16.6. The first-order chi connectivity index (χ1) is 14.3. The molecule has 0 saturated carbocycles. The monoisotopic (exact) mass is 389 g/mol. The van der Waals surface area contributed by atoms with Crippen molar-refractivity contribution in [3.63, 3.8) is 0 Å². The number of fused-ring (bicyclic) bond motifs is 3. The van der Waals surface area contributed by atoms with Crippen molar-refractivity contribution in [1.82, 2.24) is 14.8 Å². The number of amides is 1. The van der Waals surface area contributed by atoms with Crippen molar-refractivity contribution < 1.29 is 9.53 Å². The quantitative estimate of drug-likeness (QED) is 0.743. The molecule has 3 aromatic rings. The van der Waals surface area contributed by atoms with Crippen LogP contribution >= 0.6 is 0 Å². The zero-order chi connectivity index (χ0) is 19.6. The van der Waals surface area contributed by atoms with E-state index in [0.717, 1.165) is 39.3 Å². The fraction of sp³-hybridized carbons (Fsp3) is 0.375. The molecule has 3 heterocycles. The molecule has 0 aliphatic carbocycles. The van der Waals surface area contributed by atoms with Gasteiger partial charge in [0.05, 0.1) is 13.2 Å². The lowest BCUT2D eigenvalue weighted by molar-refractivity contribution is -0.134. The zero-order valence-corrected chi connectivity index (χ0v) is 16.6. The van der Waals surface area contributed by atoms with E-state index in [1.165, 1.54) is 27.7 Å². The molecule has 5 nitrogen and oxygen atoms in total. The molecule has 2 aromatic carbocycles. The Bertz CT molecular complexity index is 992. The van der Waals surface area contributed by atoms with Gasteiger partial charge in [0, 0.05) is 67.2 Å². The second-order valence-electron chi connectivity index (χ2n) is 7.97. The maximum Gasteiger partial charge on any atom is 0.224 e. The van der Waals surface area contributed by atoms with E-state index in [9.17, 15) is 4.79 Å². The van der Waals surface area contributed by atoms with Gasteiger partial charge in [-0.3, -0.25) is 9.69 Å². The van der Waals surface area contributed by atoms with Crippen LogP contribution in [0.15, 0.2) is 54.6 Å². The molecule has 0 bridgehead atoms. The molecule has 1 amide bonds. The van der Waals surface area contributed by atoms with Gasteiger partial charge in [-0.2, -0.15) is 0 Å². The van der Waals surface area contributed by atoms with Crippen LogP contribution in [0.2, 0.25) is 0 Å². The molecule has 1 saturated heterocycles. The summed E-state index contributed by atoms with van der Waals surface area (Å²) in [5.41, 5.74) is 4.95. The van der Waals surface area contributed by atoms with E-state index in [2.05, 4.69) is 58.4 Å². The predicted molar refractivity (Wildman–Crippen MR) is 114 cm³/mol. The Labute approximate surface area is 171 Å². The second-order valence-corrected chi connectivity index (χ2v) is 7.97. The summed E-state index contributed by atoms with van der Waals surface area (Å²) in [5, 5.41) is 1.24. The van der Waals surface area contributed by atoms with Gasteiger partial charge in [0.15, 0.2) is 0 Å². The number of carbonyl (C=O) groups is 1. The molecular formula is C24H27N3O2.